The molecule has 2 N–H and O–H groups in total. The quantitative estimate of drug-likeness (QED) is 0.695. The summed E-state index contributed by atoms with van der Waals surface area (Å²) in [6.45, 7) is 0. The molecular formula is C5H6N4S2. The molecule has 0 bridgehead atoms. The van der Waals surface area contributed by atoms with Gasteiger partial charge in [-0.1, -0.05) is 11.8 Å². The third kappa shape index (κ3) is 2.84. The molecule has 0 aliphatic heterocycles. The van der Waals surface area contributed by atoms with Gasteiger partial charge in [0.2, 0.25) is 0 Å². The molecule has 0 spiro atoms. The van der Waals surface area contributed by atoms with Gasteiger partial charge in [0.05, 0.1) is 6.07 Å². The minimum absolute atomic E-state index is 0.413. The first-order valence-corrected chi connectivity index (χ1v) is 4.63. The van der Waals surface area contributed by atoms with Crippen LogP contribution in [0.15, 0.2) is 10.7 Å². The van der Waals surface area contributed by atoms with Crippen LogP contribution in [0.3, 0.4) is 0 Å². The van der Waals surface area contributed by atoms with E-state index in [1.165, 1.54) is 29.6 Å². The van der Waals surface area contributed by atoms with Crippen LogP contribution in [0.5, 0.6) is 0 Å². The van der Waals surface area contributed by atoms with Crippen molar-refractivity contribution in [3.63, 3.8) is 0 Å². The molecule has 0 aromatic carbocycles. The number of nitrogens with two attached hydrogens (primary N) is 1. The fourth-order valence-electron chi connectivity index (χ4n) is 0.425. The van der Waals surface area contributed by atoms with Crippen LogP contribution in [0, 0.1) is 11.3 Å². The lowest BCUT2D eigenvalue weighted by atomic mass is 10.4. The van der Waals surface area contributed by atoms with Crippen molar-refractivity contribution in [3.05, 3.63) is 6.33 Å². The van der Waals surface area contributed by atoms with Crippen LogP contribution in [0.4, 0.5) is 0 Å². The van der Waals surface area contributed by atoms with Crippen LogP contribution in [0.1, 0.15) is 0 Å². The molecule has 58 valence electrons. The number of thioether (sulfide) groups is 1. The fraction of sp³-hybridized carbons (Fsp3) is 0.400. The smallest absolute Gasteiger partial charge is 0.169 e. The summed E-state index contributed by atoms with van der Waals surface area (Å²) in [6.07, 6.45) is 1.49. The number of nitrogens with zero attached hydrogens (tertiary/aromatic N) is 3. The molecule has 1 aromatic heterocycles. The zero-order chi connectivity index (χ0) is 8.10. The van der Waals surface area contributed by atoms with Crippen molar-refractivity contribution in [2.75, 3.05) is 5.75 Å². The van der Waals surface area contributed by atoms with Crippen molar-refractivity contribution < 1.29 is 0 Å². The molecule has 0 aliphatic carbocycles. The van der Waals surface area contributed by atoms with Gasteiger partial charge in [-0.3, -0.25) is 0 Å². The summed E-state index contributed by atoms with van der Waals surface area (Å²) in [5.74, 6) is 0.575. The fourth-order valence-corrected chi connectivity index (χ4v) is 1.77. The van der Waals surface area contributed by atoms with Gasteiger partial charge < -0.3 is 5.73 Å². The van der Waals surface area contributed by atoms with Crippen molar-refractivity contribution >= 4 is 23.3 Å². The van der Waals surface area contributed by atoms with Crippen LogP contribution in [0.2, 0.25) is 0 Å². The Morgan fingerprint density at radius 2 is 2.73 bits per heavy atom. The Morgan fingerprint density at radius 1 is 1.91 bits per heavy atom. The van der Waals surface area contributed by atoms with Crippen LogP contribution in [-0.2, 0) is 0 Å². The van der Waals surface area contributed by atoms with Gasteiger partial charge in [0.25, 0.3) is 0 Å². The van der Waals surface area contributed by atoms with Crippen LogP contribution in [-0.4, -0.2) is 21.2 Å². The van der Waals surface area contributed by atoms with E-state index in [1.807, 2.05) is 6.07 Å². The highest BCUT2D eigenvalue weighted by Crippen LogP contribution is 2.17. The molecule has 0 saturated heterocycles. The molecule has 1 heterocycles. The summed E-state index contributed by atoms with van der Waals surface area (Å²) in [5, 5.41) is 8.34. The second kappa shape index (κ2) is 4.28. The van der Waals surface area contributed by atoms with Crippen LogP contribution >= 0.6 is 23.3 Å². The number of nitriles is 1. The zero-order valence-corrected chi connectivity index (χ0v) is 7.23. The molecular weight excluding hydrogens is 180 g/mol. The normalized spacial score (nSPS) is 12.4. The van der Waals surface area contributed by atoms with E-state index in [1.54, 1.807) is 0 Å². The van der Waals surface area contributed by atoms with Gasteiger partial charge in [-0.25, -0.2) is 4.98 Å². The summed E-state index contributed by atoms with van der Waals surface area (Å²) < 4.78 is 4.67. The number of rotatable bonds is 3. The van der Waals surface area contributed by atoms with Gasteiger partial charge in [-0.05, 0) is 11.5 Å². The van der Waals surface area contributed by atoms with Crippen molar-refractivity contribution in [1.82, 2.24) is 9.36 Å². The Labute approximate surface area is 72.6 Å². The maximum atomic E-state index is 8.34. The number of hydrogen-bond donors (Lipinski definition) is 1. The van der Waals surface area contributed by atoms with E-state index in [4.69, 9.17) is 11.0 Å². The molecule has 0 radical (unpaired) electrons. The van der Waals surface area contributed by atoms with Crippen molar-refractivity contribution in [2.45, 2.75) is 10.4 Å². The Kier molecular flexibility index (Phi) is 3.29. The van der Waals surface area contributed by atoms with Gasteiger partial charge in [0.1, 0.15) is 12.4 Å². The maximum absolute atomic E-state index is 8.34. The number of aromatic nitrogens is 2. The number of hydrogen-bond acceptors (Lipinski definition) is 6. The Hall–Kier alpha value is -0.640. The summed E-state index contributed by atoms with van der Waals surface area (Å²) in [7, 11) is 0. The first kappa shape index (κ1) is 8.46. The van der Waals surface area contributed by atoms with E-state index in [0.29, 0.717) is 5.75 Å². The lowest BCUT2D eigenvalue weighted by molar-refractivity contribution is 0.952. The second-order valence-electron chi connectivity index (χ2n) is 1.75. The van der Waals surface area contributed by atoms with E-state index in [-0.39, 0.29) is 0 Å². The van der Waals surface area contributed by atoms with E-state index in [2.05, 4.69) is 9.36 Å². The molecule has 0 amide bonds. The van der Waals surface area contributed by atoms with Crippen LogP contribution in [0.25, 0.3) is 0 Å². The summed E-state index contributed by atoms with van der Waals surface area (Å²) in [4.78, 5) is 3.93. The van der Waals surface area contributed by atoms with Crippen molar-refractivity contribution in [1.29, 1.82) is 5.26 Å². The maximum Gasteiger partial charge on any atom is 0.169 e. The van der Waals surface area contributed by atoms with Gasteiger partial charge in [0.15, 0.2) is 4.34 Å². The molecule has 1 unspecified atom stereocenters. The standard InChI is InChI=1S/C5H6N4S2/c6-1-4(7)2-10-5-8-3-9-11-5/h3-4H,2,7H2. The highest BCUT2D eigenvalue weighted by atomic mass is 32.2. The van der Waals surface area contributed by atoms with Gasteiger partial charge in [0, 0.05) is 5.75 Å². The third-order valence-electron chi connectivity index (χ3n) is 0.893. The summed E-state index contributed by atoms with van der Waals surface area (Å²) in [5.41, 5.74) is 5.36. The lowest BCUT2D eigenvalue weighted by Crippen LogP contribution is -2.19. The molecule has 11 heavy (non-hydrogen) atoms. The third-order valence-corrected chi connectivity index (χ3v) is 2.81. The molecule has 4 nitrogen and oxygen atoms in total. The minimum Gasteiger partial charge on any atom is -0.315 e. The second-order valence-corrected chi connectivity index (χ2v) is 3.80. The predicted octanol–water partition coefficient (Wildman–Crippen LogP) is 0.481. The highest BCUT2D eigenvalue weighted by molar-refractivity contribution is 8.00. The first-order valence-electron chi connectivity index (χ1n) is 2.87. The highest BCUT2D eigenvalue weighted by Gasteiger charge is 2.02. The lowest BCUT2D eigenvalue weighted by Gasteiger charge is -1.96. The first-order chi connectivity index (χ1) is 5.33. The van der Waals surface area contributed by atoms with E-state index in [0.717, 1.165) is 4.34 Å². The summed E-state index contributed by atoms with van der Waals surface area (Å²) >= 11 is 2.77. The monoisotopic (exact) mass is 186 g/mol. The van der Waals surface area contributed by atoms with Crippen molar-refractivity contribution in [3.8, 4) is 6.07 Å². The molecule has 6 heteroatoms. The Bertz CT molecular complexity index is 239. The SMILES string of the molecule is N#CC(N)CSc1ncns1. The Morgan fingerprint density at radius 3 is 3.27 bits per heavy atom. The molecule has 0 aliphatic rings. The van der Waals surface area contributed by atoms with Crippen molar-refractivity contribution in [2.24, 2.45) is 5.73 Å². The summed E-state index contributed by atoms with van der Waals surface area (Å²) in [6, 6.07) is 1.53. The van der Waals surface area contributed by atoms with E-state index < -0.39 is 6.04 Å². The van der Waals surface area contributed by atoms with Gasteiger partial charge in [-0.2, -0.15) is 9.64 Å². The largest absolute Gasteiger partial charge is 0.315 e. The van der Waals surface area contributed by atoms with Gasteiger partial charge >= 0.3 is 0 Å². The molecule has 1 atom stereocenters. The molecule has 0 saturated carbocycles. The zero-order valence-electron chi connectivity index (χ0n) is 5.60. The Balaban J connectivity index is 2.30. The molecule has 1 rings (SSSR count). The minimum atomic E-state index is -0.413. The molecule has 1 aromatic rings. The average molecular weight is 186 g/mol. The van der Waals surface area contributed by atoms with E-state index >= 15 is 0 Å². The predicted molar refractivity (Wildman–Crippen MR) is 44.2 cm³/mol. The average Bonchev–Trinajstić information content (AvgIpc) is 2.52. The van der Waals surface area contributed by atoms with E-state index in [9.17, 15) is 0 Å². The van der Waals surface area contributed by atoms with Crippen LogP contribution < -0.4 is 5.73 Å². The molecule has 0 fully saturated rings. The topological polar surface area (TPSA) is 75.6 Å². The van der Waals surface area contributed by atoms with Gasteiger partial charge in [-0.15, -0.1) is 0 Å².